The van der Waals surface area contributed by atoms with Crippen LogP contribution in [0.3, 0.4) is 0 Å². The van der Waals surface area contributed by atoms with E-state index < -0.39 is 0 Å². The molecule has 2 bridgehead atoms. The highest BCUT2D eigenvalue weighted by Gasteiger charge is 2.72. The third-order valence-corrected chi connectivity index (χ3v) is 7.77. The van der Waals surface area contributed by atoms with E-state index in [9.17, 15) is 0 Å². The molecule has 5 rings (SSSR count). The van der Waals surface area contributed by atoms with Gasteiger partial charge in [0.25, 0.3) is 0 Å². The first kappa shape index (κ1) is 15.1. The molecule has 1 aliphatic heterocycles. The van der Waals surface area contributed by atoms with Crippen molar-refractivity contribution in [2.24, 2.45) is 23.2 Å². The lowest BCUT2D eigenvalue weighted by atomic mass is 9.83. The maximum absolute atomic E-state index is 5.56. The second-order valence-corrected chi connectivity index (χ2v) is 8.53. The number of piperazine rings is 1. The minimum absolute atomic E-state index is 0.796. The number of hydrogen-bond donors (Lipinski definition) is 0. The van der Waals surface area contributed by atoms with Gasteiger partial charge in [0.2, 0.25) is 0 Å². The highest BCUT2D eigenvalue weighted by Crippen LogP contribution is 2.77. The fourth-order valence-corrected chi connectivity index (χ4v) is 6.72. The molecule has 1 aromatic rings. The largest absolute Gasteiger partial charge is 0.495 e. The number of methoxy groups -OCH3 is 1. The van der Waals surface area contributed by atoms with Gasteiger partial charge in [0.05, 0.1) is 12.8 Å². The van der Waals surface area contributed by atoms with Gasteiger partial charge < -0.3 is 9.64 Å². The number of nitrogens with zero attached hydrogens (tertiary/aromatic N) is 2. The average Bonchev–Trinajstić information content (AvgIpc) is 3.13. The van der Waals surface area contributed by atoms with Crippen LogP contribution in [0.4, 0.5) is 5.69 Å². The minimum Gasteiger partial charge on any atom is -0.495 e. The molecule has 24 heavy (non-hydrogen) atoms. The lowest BCUT2D eigenvalue weighted by molar-refractivity contribution is 0.109. The second kappa shape index (κ2) is 5.39. The van der Waals surface area contributed by atoms with E-state index in [1.54, 1.807) is 20.0 Å². The summed E-state index contributed by atoms with van der Waals surface area (Å²) in [6.07, 6.45) is 6.03. The summed E-state index contributed by atoms with van der Waals surface area (Å²) < 4.78 is 5.56. The predicted octanol–water partition coefficient (Wildman–Crippen LogP) is 3.64. The Morgan fingerprint density at radius 1 is 1.12 bits per heavy atom. The first-order chi connectivity index (χ1) is 11.8. The highest BCUT2D eigenvalue weighted by atomic mass is 16.5. The molecule has 0 radical (unpaired) electrons. The number of ether oxygens (including phenoxy) is 1. The molecule has 0 amide bonds. The van der Waals surface area contributed by atoms with Gasteiger partial charge in [-0.25, -0.2) is 0 Å². The molecule has 3 aliphatic carbocycles. The summed E-state index contributed by atoms with van der Waals surface area (Å²) in [6.45, 7) is 7.14. The van der Waals surface area contributed by atoms with E-state index in [4.69, 9.17) is 4.74 Å². The van der Waals surface area contributed by atoms with E-state index in [0.29, 0.717) is 0 Å². The van der Waals surface area contributed by atoms with Crippen LogP contribution in [0, 0.1) is 23.2 Å². The van der Waals surface area contributed by atoms with E-state index in [1.807, 2.05) is 0 Å². The highest BCUT2D eigenvalue weighted by molar-refractivity contribution is 5.58. The van der Waals surface area contributed by atoms with E-state index in [2.05, 4.69) is 41.0 Å². The van der Waals surface area contributed by atoms with Crippen molar-refractivity contribution in [1.29, 1.82) is 0 Å². The zero-order valence-corrected chi connectivity index (χ0v) is 15.1. The number of hydrogen-bond acceptors (Lipinski definition) is 3. The fourth-order valence-electron chi connectivity index (χ4n) is 6.72. The van der Waals surface area contributed by atoms with E-state index in [1.165, 1.54) is 31.6 Å². The molecule has 5 atom stereocenters. The van der Waals surface area contributed by atoms with Crippen molar-refractivity contribution in [3.05, 3.63) is 24.3 Å². The third kappa shape index (κ3) is 2.00. The van der Waals surface area contributed by atoms with Crippen molar-refractivity contribution in [2.75, 3.05) is 38.2 Å². The molecule has 0 aromatic heterocycles. The van der Waals surface area contributed by atoms with Crippen molar-refractivity contribution in [3.63, 3.8) is 0 Å². The lowest BCUT2D eigenvalue weighted by Crippen LogP contribution is -2.53. The van der Waals surface area contributed by atoms with E-state index in [-0.39, 0.29) is 0 Å². The van der Waals surface area contributed by atoms with Crippen LogP contribution < -0.4 is 9.64 Å². The second-order valence-electron chi connectivity index (χ2n) is 8.53. The van der Waals surface area contributed by atoms with Crippen molar-refractivity contribution >= 4 is 5.69 Å². The molecule has 1 aromatic carbocycles. The molecule has 0 N–H and O–H groups in total. The molecule has 1 saturated heterocycles. The molecule has 1 spiro atoms. The van der Waals surface area contributed by atoms with Crippen molar-refractivity contribution in [1.82, 2.24) is 4.90 Å². The molecule has 3 heteroatoms. The summed E-state index contributed by atoms with van der Waals surface area (Å²) >= 11 is 0. The van der Waals surface area contributed by atoms with Crippen LogP contribution in [-0.4, -0.2) is 44.2 Å². The Morgan fingerprint density at radius 3 is 2.62 bits per heavy atom. The Balaban J connectivity index is 1.26. The standard InChI is InChI=1S/C21H30N2O/c1-3-16-12-15-13-21(16)14-17(21)20(15)23-10-8-22(9-11-23)18-6-4-5-7-19(18)24-2/h4-7,15-17,20H,3,8-14H2,1-2H3. The Hall–Kier alpha value is -1.22. The molecule has 130 valence electrons. The summed E-state index contributed by atoms with van der Waals surface area (Å²) in [7, 11) is 1.78. The van der Waals surface area contributed by atoms with Gasteiger partial charge in [0, 0.05) is 32.2 Å². The lowest BCUT2D eigenvalue weighted by Gasteiger charge is -2.43. The number of fused-ring (bicyclic) bond motifs is 1. The first-order valence-electron chi connectivity index (χ1n) is 9.89. The zero-order chi connectivity index (χ0) is 16.3. The van der Waals surface area contributed by atoms with Gasteiger partial charge in [0.15, 0.2) is 0 Å². The number of benzene rings is 1. The smallest absolute Gasteiger partial charge is 0.142 e. The van der Waals surface area contributed by atoms with Crippen LogP contribution in [-0.2, 0) is 0 Å². The zero-order valence-electron chi connectivity index (χ0n) is 15.1. The van der Waals surface area contributed by atoms with Crippen molar-refractivity contribution < 1.29 is 4.74 Å². The van der Waals surface area contributed by atoms with Gasteiger partial charge in [-0.2, -0.15) is 0 Å². The average molecular weight is 326 g/mol. The molecule has 5 unspecified atom stereocenters. The summed E-state index contributed by atoms with van der Waals surface area (Å²) in [5.74, 6) is 4.11. The van der Waals surface area contributed by atoms with Gasteiger partial charge in [-0.15, -0.1) is 0 Å². The van der Waals surface area contributed by atoms with Gasteiger partial charge >= 0.3 is 0 Å². The van der Waals surface area contributed by atoms with Gasteiger partial charge in [-0.05, 0) is 54.6 Å². The number of anilines is 1. The Morgan fingerprint density at radius 2 is 1.92 bits per heavy atom. The van der Waals surface area contributed by atoms with Crippen LogP contribution in [0.25, 0.3) is 0 Å². The maximum atomic E-state index is 5.56. The van der Waals surface area contributed by atoms with Gasteiger partial charge in [-0.1, -0.05) is 25.5 Å². The van der Waals surface area contributed by atoms with E-state index >= 15 is 0 Å². The molecule has 3 nitrogen and oxygen atoms in total. The normalized spacial score (nSPS) is 40.7. The Kier molecular flexibility index (Phi) is 3.38. The first-order valence-corrected chi connectivity index (χ1v) is 9.89. The van der Waals surface area contributed by atoms with Crippen molar-refractivity contribution in [3.8, 4) is 5.75 Å². The molecule has 3 saturated carbocycles. The van der Waals surface area contributed by atoms with Crippen LogP contribution in [0.5, 0.6) is 5.75 Å². The predicted molar refractivity (Wildman–Crippen MR) is 97.6 cm³/mol. The van der Waals surface area contributed by atoms with Crippen LogP contribution in [0.1, 0.15) is 32.6 Å². The SMILES string of the molecule is CCC1CC2CC13CC3C2N1CCN(c2ccccc2OC)CC1. The fraction of sp³-hybridized carbons (Fsp3) is 0.714. The summed E-state index contributed by atoms with van der Waals surface area (Å²) in [5, 5.41) is 0. The topological polar surface area (TPSA) is 15.7 Å². The summed E-state index contributed by atoms with van der Waals surface area (Å²) in [6, 6.07) is 9.38. The minimum atomic E-state index is 0.796. The Bertz CT molecular complexity index is 622. The van der Waals surface area contributed by atoms with Crippen molar-refractivity contribution in [2.45, 2.75) is 38.6 Å². The Labute approximate surface area is 146 Å². The molecular formula is C21H30N2O. The number of para-hydroxylation sites is 2. The van der Waals surface area contributed by atoms with Crippen LogP contribution in [0.2, 0.25) is 0 Å². The molecular weight excluding hydrogens is 296 g/mol. The van der Waals surface area contributed by atoms with Gasteiger partial charge in [0.1, 0.15) is 5.75 Å². The number of rotatable bonds is 4. The molecule has 1 heterocycles. The van der Waals surface area contributed by atoms with Gasteiger partial charge in [-0.3, -0.25) is 4.90 Å². The van der Waals surface area contributed by atoms with Crippen LogP contribution >= 0.6 is 0 Å². The summed E-state index contributed by atoms with van der Waals surface area (Å²) in [5.41, 5.74) is 2.06. The maximum Gasteiger partial charge on any atom is 0.142 e. The van der Waals surface area contributed by atoms with E-state index in [0.717, 1.165) is 48.0 Å². The summed E-state index contributed by atoms with van der Waals surface area (Å²) in [4.78, 5) is 5.36. The third-order valence-electron chi connectivity index (χ3n) is 7.77. The quantitative estimate of drug-likeness (QED) is 0.840. The van der Waals surface area contributed by atoms with Crippen LogP contribution in [0.15, 0.2) is 24.3 Å². The monoisotopic (exact) mass is 326 g/mol. The molecule has 4 aliphatic rings. The molecule has 4 fully saturated rings.